The first-order valence-corrected chi connectivity index (χ1v) is 5.95. The Morgan fingerprint density at radius 2 is 1.78 bits per heavy atom. The van der Waals surface area contributed by atoms with Gasteiger partial charge in [-0.2, -0.15) is 0 Å². The summed E-state index contributed by atoms with van der Waals surface area (Å²) in [5.74, 6) is -0.637. The van der Waals surface area contributed by atoms with Gasteiger partial charge >= 0.3 is 0 Å². The molecule has 1 amide bonds. The Labute approximate surface area is 112 Å². The van der Waals surface area contributed by atoms with Crippen LogP contribution in [0.15, 0.2) is 46.9 Å². The number of phenols is 2. The first-order chi connectivity index (χ1) is 8.58. The average Bonchev–Trinajstić information content (AvgIpc) is 2.35. The quantitative estimate of drug-likeness (QED) is 0.747. The van der Waals surface area contributed by atoms with E-state index in [4.69, 9.17) is 0 Å². The highest BCUT2D eigenvalue weighted by atomic mass is 79.9. The molecule has 2 rings (SSSR count). The lowest BCUT2D eigenvalue weighted by molar-refractivity contribution is 0.102. The van der Waals surface area contributed by atoms with Crippen LogP contribution in [0.5, 0.6) is 11.5 Å². The van der Waals surface area contributed by atoms with Gasteiger partial charge in [-0.05, 0) is 30.3 Å². The molecule has 0 unspecified atom stereocenters. The third kappa shape index (κ3) is 2.62. The van der Waals surface area contributed by atoms with E-state index in [1.54, 1.807) is 24.3 Å². The van der Waals surface area contributed by atoms with E-state index in [2.05, 4.69) is 21.2 Å². The Kier molecular flexibility index (Phi) is 3.53. The van der Waals surface area contributed by atoms with Crippen LogP contribution < -0.4 is 5.32 Å². The SMILES string of the molecule is O=C(Nc1ccccc1O)c1cc(Br)ccc1O. The number of para-hydroxylation sites is 2. The van der Waals surface area contributed by atoms with Gasteiger partial charge in [0.2, 0.25) is 0 Å². The molecule has 0 fully saturated rings. The van der Waals surface area contributed by atoms with Crippen LogP contribution in [0.3, 0.4) is 0 Å². The normalized spacial score (nSPS) is 10.1. The van der Waals surface area contributed by atoms with Gasteiger partial charge in [-0.15, -0.1) is 0 Å². The van der Waals surface area contributed by atoms with Gasteiger partial charge in [0, 0.05) is 4.47 Å². The number of anilines is 1. The second-order valence-corrected chi connectivity index (χ2v) is 4.55. The fraction of sp³-hybridized carbons (Fsp3) is 0. The molecule has 2 aromatic carbocycles. The van der Waals surface area contributed by atoms with Gasteiger partial charge in [-0.25, -0.2) is 0 Å². The van der Waals surface area contributed by atoms with Crippen LogP contribution in [0.4, 0.5) is 5.69 Å². The lowest BCUT2D eigenvalue weighted by Crippen LogP contribution is -2.12. The van der Waals surface area contributed by atoms with Crippen molar-refractivity contribution in [3.8, 4) is 11.5 Å². The Bertz CT molecular complexity index is 599. The molecule has 0 aliphatic heterocycles. The molecule has 4 nitrogen and oxygen atoms in total. The van der Waals surface area contributed by atoms with Crippen molar-refractivity contribution in [1.29, 1.82) is 0 Å². The summed E-state index contributed by atoms with van der Waals surface area (Å²) >= 11 is 3.22. The van der Waals surface area contributed by atoms with Gasteiger partial charge in [-0.1, -0.05) is 28.1 Å². The van der Waals surface area contributed by atoms with Crippen molar-refractivity contribution in [3.05, 3.63) is 52.5 Å². The van der Waals surface area contributed by atoms with Crippen molar-refractivity contribution < 1.29 is 15.0 Å². The third-order valence-electron chi connectivity index (χ3n) is 2.36. The second kappa shape index (κ2) is 5.10. The molecule has 92 valence electrons. The zero-order valence-electron chi connectivity index (χ0n) is 9.22. The molecule has 0 aliphatic carbocycles. The van der Waals surface area contributed by atoms with Crippen molar-refractivity contribution in [3.63, 3.8) is 0 Å². The van der Waals surface area contributed by atoms with Crippen LogP contribution in [0.1, 0.15) is 10.4 Å². The number of carbonyl (C=O) groups is 1. The first kappa shape index (κ1) is 12.4. The lowest BCUT2D eigenvalue weighted by Gasteiger charge is -2.08. The van der Waals surface area contributed by atoms with Crippen LogP contribution >= 0.6 is 15.9 Å². The van der Waals surface area contributed by atoms with Crippen molar-refractivity contribution >= 4 is 27.5 Å². The number of aromatic hydroxyl groups is 2. The summed E-state index contributed by atoms with van der Waals surface area (Å²) in [7, 11) is 0. The topological polar surface area (TPSA) is 69.6 Å². The summed E-state index contributed by atoms with van der Waals surface area (Å²) in [5, 5.41) is 21.7. The summed E-state index contributed by atoms with van der Waals surface area (Å²) < 4.78 is 0.683. The number of halogens is 1. The summed E-state index contributed by atoms with van der Waals surface area (Å²) in [4.78, 5) is 11.9. The van der Waals surface area contributed by atoms with Gasteiger partial charge in [0.1, 0.15) is 11.5 Å². The van der Waals surface area contributed by atoms with Crippen LogP contribution in [-0.2, 0) is 0 Å². The van der Waals surface area contributed by atoms with Crippen molar-refractivity contribution in [2.24, 2.45) is 0 Å². The van der Waals surface area contributed by atoms with Gasteiger partial charge in [0.05, 0.1) is 11.3 Å². The molecule has 0 radical (unpaired) electrons. The van der Waals surface area contributed by atoms with E-state index in [-0.39, 0.29) is 17.1 Å². The van der Waals surface area contributed by atoms with E-state index in [0.717, 1.165) is 0 Å². The number of phenolic OH excluding ortho intramolecular Hbond substituents is 2. The van der Waals surface area contributed by atoms with Crippen LogP contribution in [-0.4, -0.2) is 16.1 Å². The molecule has 0 saturated heterocycles. The maximum absolute atomic E-state index is 11.9. The van der Waals surface area contributed by atoms with Crippen molar-refractivity contribution in [1.82, 2.24) is 0 Å². The van der Waals surface area contributed by atoms with Gasteiger partial charge in [0.15, 0.2) is 0 Å². The number of benzene rings is 2. The first-order valence-electron chi connectivity index (χ1n) is 5.16. The van der Waals surface area contributed by atoms with Crippen molar-refractivity contribution in [2.45, 2.75) is 0 Å². The van der Waals surface area contributed by atoms with E-state index < -0.39 is 5.91 Å². The number of hydrogen-bond acceptors (Lipinski definition) is 3. The zero-order chi connectivity index (χ0) is 13.1. The molecule has 0 aliphatic rings. The fourth-order valence-electron chi connectivity index (χ4n) is 1.46. The minimum Gasteiger partial charge on any atom is -0.507 e. The minimum absolute atomic E-state index is 0.0275. The van der Waals surface area contributed by atoms with Crippen LogP contribution in [0.2, 0.25) is 0 Å². The van der Waals surface area contributed by atoms with E-state index in [0.29, 0.717) is 10.2 Å². The lowest BCUT2D eigenvalue weighted by atomic mass is 10.2. The molecular formula is C13H10BrNO3. The smallest absolute Gasteiger partial charge is 0.259 e. The van der Waals surface area contributed by atoms with E-state index in [9.17, 15) is 15.0 Å². The molecule has 0 bridgehead atoms. The highest BCUT2D eigenvalue weighted by Crippen LogP contribution is 2.26. The zero-order valence-corrected chi connectivity index (χ0v) is 10.8. The summed E-state index contributed by atoms with van der Waals surface area (Å²) in [6, 6.07) is 10.9. The second-order valence-electron chi connectivity index (χ2n) is 3.63. The van der Waals surface area contributed by atoms with E-state index in [1.165, 1.54) is 18.2 Å². The highest BCUT2D eigenvalue weighted by Gasteiger charge is 2.13. The van der Waals surface area contributed by atoms with Crippen LogP contribution in [0, 0.1) is 0 Å². The maximum Gasteiger partial charge on any atom is 0.259 e. The molecule has 18 heavy (non-hydrogen) atoms. The monoisotopic (exact) mass is 307 g/mol. The Morgan fingerprint density at radius 1 is 1.06 bits per heavy atom. The molecule has 0 atom stereocenters. The molecule has 5 heteroatoms. The molecule has 3 N–H and O–H groups in total. The summed E-state index contributed by atoms with van der Waals surface area (Å²) in [6.45, 7) is 0. The molecular weight excluding hydrogens is 298 g/mol. The molecule has 2 aromatic rings. The average molecular weight is 308 g/mol. The molecule has 0 spiro atoms. The van der Waals surface area contributed by atoms with Crippen LogP contribution in [0.25, 0.3) is 0 Å². The van der Waals surface area contributed by atoms with Crippen molar-refractivity contribution in [2.75, 3.05) is 5.32 Å². The van der Waals surface area contributed by atoms with E-state index in [1.807, 2.05) is 0 Å². The summed E-state index contributed by atoms with van der Waals surface area (Å²) in [5.41, 5.74) is 0.425. The summed E-state index contributed by atoms with van der Waals surface area (Å²) in [6.07, 6.45) is 0. The predicted octanol–water partition coefficient (Wildman–Crippen LogP) is 3.11. The molecule has 0 heterocycles. The number of nitrogens with one attached hydrogen (secondary N) is 1. The Morgan fingerprint density at radius 3 is 2.50 bits per heavy atom. The molecule has 0 aromatic heterocycles. The highest BCUT2D eigenvalue weighted by molar-refractivity contribution is 9.10. The van der Waals surface area contributed by atoms with Gasteiger partial charge in [0.25, 0.3) is 5.91 Å². The predicted molar refractivity (Wildman–Crippen MR) is 71.9 cm³/mol. The number of hydrogen-bond donors (Lipinski definition) is 3. The largest absolute Gasteiger partial charge is 0.507 e. The Hall–Kier alpha value is -2.01. The number of amides is 1. The van der Waals surface area contributed by atoms with E-state index >= 15 is 0 Å². The maximum atomic E-state index is 11.9. The third-order valence-corrected chi connectivity index (χ3v) is 2.85. The van der Waals surface area contributed by atoms with Gasteiger partial charge < -0.3 is 15.5 Å². The number of rotatable bonds is 2. The number of carbonyl (C=O) groups excluding carboxylic acids is 1. The minimum atomic E-state index is -0.490. The Balaban J connectivity index is 2.28. The molecule has 0 saturated carbocycles. The van der Waals surface area contributed by atoms with Gasteiger partial charge in [-0.3, -0.25) is 4.79 Å². The fourth-order valence-corrected chi connectivity index (χ4v) is 1.82. The standard InChI is InChI=1S/C13H10BrNO3/c14-8-5-6-11(16)9(7-8)13(18)15-10-3-1-2-4-12(10)17/h1-7,16-17H,(H,15,18).